The van der Waals surface area contributed by atoms with Crippen molar-refractivity contribution in [2.45, 2.75) is 103 Å². The van der Waals surface area contributed by atoms with Gasteiger partial charge in [0.05, 0.1) is 0 Å². The summed E-state index contributed by atoms with van der Waals surface area (Å²) in [6.45, 7) is 8.50. The summed E-state index contributed by atoms with van der Waals surface area (Å²) in [5, 5.41) is 5.77. The third-order valence-corrected chi connectivity index (χ3v) is 4.89. The molecule has 0 unspecified atom stereocenters. The fourth-order valence-electron chi connectivity index (χ4n) is 3.14. The van der Waals surface area contributed by atoms with Gasteiger partial charge in [0.25, 0.3) is 0 Å². The van der Waals surface area contributed by atoms with E-state index in [0.717, 1.165) is 38.5 Å². The third-order valence-electron chi connectivity index (χ3n) is 4.89. The highest BCUT2D eigenvalue weighted by Gasteiger charge is 2.03. The molecule has 0 aliphatic carbocycles. The Kier molecular flexibility index (Phi) is 20.5. The minimum absolute atomic E-state index is 0.0948. The van der Waals surface area contributed by atoms with Crippen molar-refractivity contribution >= 4 is 11.8 Å². The topological polar surface area (TPSA) is 58.2 Å². The van der Waals surface area contributed by atoms with E-state index < -0.39 is 0 Å². The van der Waals surface area contributed by atoms with Gasteiger partial charge in [-0.2, -0.15) is 0 Å². The molecule has 0 radical (unpaired) electrons. The van der Waals surface area contributed by atoms with Gasteiger partial charge in [-0.05, 0) is 38.5 Å². The summed E-state index contributed by atoms with van der Waals surface area (Å²) in [6, 6.07) is 0. The fourth-order valence-corrected chi connectivity index (χ4v) is 3.14. The monoisotopic (exact) mass is 392 g/mol. The molecule has 4 heteroatoms. The summed E-state index contributed by atoms with van der Waals surface area (Å²) in [7, 11) is 0. The Bertz CT molecular complexity index is 369. The van der Waals surface area contributed by atoms with Crippen LogP contribution in [0, 0.1) is 0 Å². The van der Waals surface area contributed by atoms with Gasteiger partial charge in [-0.15, -0.1) is 13.2 Å². The number of hydrogen-bond acceptors (Lipinski definition) is 2. The molecular formula is C24H44N2O2. The first-order valence-corrected chi connectivity index (χ1v) is 11.5. The summed E-state index contributed by atoms with van der Waals surface area (Å²) >= 11 is 0. The Morgan fingerprint density at radius 3 is 1.21 bits per heavy atom. The lowest BCUT2D eigenvalue weighted by atomic mass is 10.1. The van der Waals surface area contributed by atoms with Crippen molar-refractivity contribution < 1.29 is 9.59 Å². The molecule has 0 atom stereocenters. The second-order valence-electron chi connectivity index (χ2n) is 7.60. The maximum atomic E-state index is 11.8. The van der Waals surface area contributed by atoms with Crippen molar-refractivity contribution in [2.24, 2.45) is 0 Å². The van der Waals surface area contributed by atoms with Crippen LogP contribution in [0.5, 0.6) is 0 Å². The molecule has 0 saturated carbocycles. The van der Waals surface area contributed by atoms with Crippen molar-refractivity contribution in [2.75, 3.05) is 13.1 Å². The van der Waals surface area contributed by atoms with Crippen LogP contribution in [0.1, 0.15) is 103 Å². The lowest BCUT2D eigenvalue weighted by Gasteiger charge is -2.07. The van der Waals surface area contributed by atoms with Gasteiger partial charge in [0, 0.05) is 25.9 Å². The van der Waals surface area contributed by atoms with Crippen LogP contribution in [-0.2, 0) is 9.59 Å². The van der Waals surface area contributed by atoms with Gasteiger partial charge in [-0.1, -0.05) is 63.5 Å². The van der Waals surface area contributed by atoms with Crippen LogP contribution >= 0.6 is 0 Å². The molecule has 0 saturated heterocycles. The lowest BCUT2D eigenvalue weighted by Crippen LogP contribution is -2.34. The molecule has 162 valence electrons. The van der Waals surface area contributed by atoms with Crippen LogP contribution in [0.3, 0.4) is 0 Å². The van der Waals surface area contributed by atoms with Crippen LogP contribution in [-0.4, -0.2) is 24.9 Å². The molecule has 0 aromatic rings. The minimum Gasteiger partial charge on any atom is -0.354 e. The average molecular weight is 393 g/mol. The van der Waals surface area contributed by atoms with Crippen molar-refractivity contribution in [3.8, 4) is 0 Å². The van der Waals surface area contributed by atoms with Gasteiger partial charge in [0.1, 0.15) is 0 Å². The zero-order valence-electron chi connectivity index (χ0n) is 18.1. The number of allylic oxidation sites excluding steroid dienone is 2. The van der Waals surface area contributed by atoms with Gasteiger partial charge in [-0.3, -0.25) is 9.59 Å². The molecule has 0 rings (SSSR count). The van der Waals surface area contributed by atoms with Crippen molar-refractivity contribution in [1.82, 2.24) is 10.6 Å². The predicted molar refractivity (Wildman–Crippen MR) is 120 cm³/mol. The van der Waals surface area contributed by atoms with Crippen LogP contribution in [0.15, 0.2) is 25.3 Å². The number of unbranched alkanes of at least 4 members (excludes halogenated alkanes) is 12. The highest BCUT2D eigenvalue weighted by Crippen LogP contribution is 2.09. The van der Waals surface area contributed by atoms with Gasteiger partial charge >= 0.3 is 0 Å². The molecule has 2 N–H and O–H groups in total. The van der Waals surface area contributed by atoms with Gasteiger partial charge in [0.15, 0.2) is 0 Å². The Morgan fingerprint density at radius 1 is 0.536 bits per heavy atom. The van der Waals surface area contributed by atoms with Crippen LogP contribution in [0.4, 0.5) is 0 Å². The van der Waals surface area contributed by atoms with Crippen LogP contribution in [0.2, 0.25) is 0 Å². The van der Waals surface area contributed by atoms with E-state index in [1.807, 2.05) is 12.2 Å². The summed E-state index contributed by atoms with van der Waals surface area (Å²) in [6.07, 6.45) is 21.4. The molecular weight excluding hydrogens is 348 g/mol. The first-order chi connectivity index (χ1) is 13.7. The normalized spacial score (nSPS) is 10.4. The van der Waals surface area contributed by atoms with E-state index in [9.17, 15) is 9.59 Å². The maximum absolute atomic E-state index is 11.8. The largest absolute Gasteiger partial charge is 0.354 e. The zero-order chi connectivity index (χ0) is 20.7. The van der Waals surface area contributed by atoms with Gasteiger partial charge in [0.2, 0.25) is 11.8 Å². The van der Waals surface area contributed by atoms with E-state index >= 15 is 0 Å². The number of amides is 2. The highest BCUT2D eigenvalue weighted by molar-refractivity contribution is 5.77. The second-order valence-corrected chi connectivity index (χ2v) is 7.60. The summed E-state index contributed by atoms with van der Waals surface area (Å²) in [4.78, 5) is 23.5. The number of rotatable bonds is 21. The summed E-state index contributed by atoms with van der Waals surface area (Å²) < 4.78 is 0. The van der Waals surface area contributed by atoms with E-state index in [1.54, 1.807) is 0 Å². The Balaban J connectivity index is 3.32. The first-order valence-electron chi connectivity index (χ1n) is 11.5. The molecule has 0 aliphatic rings. The fraction of sp³-hybridized carbons (Fsp3) is 0.750. The van der Waals surface area contributed by atoms with Crippen molar-refractivity contribution in [3.05, 3.63) is 25.3 Å². The SMILES string of the molecule is C=CCCCCCCCCC(=O)NCCNC(=O)CCCCCCCCC=C. The Hall–Kier alpha value is -1.58. The summed E-state index contributed by atoms with van der Waals surface area (Å²) in [5.41, 5.74) is 0. The summed E-state index contributed by atoms with van der Waals surface area (Å²) in [5.74, 6) is 0.190. The zero-order valence-corrected chi connectivity index (χ0v) is 18.1. The van der Waals surface area contributed by atoms with E-state index in [1.165, 1.54) is 51.4 Å². The molecule has 28 heavy (non-hydrogen) atoms. The van der Waals surface area contributed by atoms with E-state index in [0.29, 0.717) is 25.9 Å². The predicted octanol–water partition coefficient (Wildman–Crippen LogP) is 5.83. The molecule has 0 heterocycles. The molecule has 4 nitrogen and oxygen atoms in total. The van der Waals surface area contributed by atoms with Gasteiger partial charge < -0.3 is 10.6 Å². The molecule has 0 spiro atoms. The van der Waals surface area contributed by atoms with Crippen LogP contribution in [0.25, 0.3) is 0 Å². The molecule has 0 fully saturated rings. The van der Waals surface area contributed by atoms with Crippen molar-refractivity contribution in [3.63, 3.8) is 0 Å². The number of carbonyl (C=O) groups excluding carboxylic acids is 2. The quantitative estimate of drug-likeness (QED) is 0.191. The smallest absolute Gasteiger partial charge is 0.220 e. The molecule has 0 aliphatic heterocycles. The number of hydrogen-bond donors (Lipinski definition) is 2. The molecule has 0 aromatic carbocycles. The van der Waals surface area contributed by atoms with Gasteiger partial charge in [-0.25, -0.2) is 0 Å². The Morgan fingerprint density at radius 2 is 0.857 bits per heavy atom. The number of nitrogens with one attached hydrogen (secondary N) is 2. The lowest BCUT2D eigenvalue weighted by molar-refractivity contribution is -0.123. The minimum atomic E-state index is 0.0948. The maximum Gasteiger partial charge on any atom is 0.220 e. The number of carbonyl (C=O) groups is 2. The highest BCUT2D eigenvalue weighted by atomic mass is 16.2. The van der Waals surface area contributed by atoms with Crippen molar-refractivity contribution in [1.29, 1.82) is 0 Å². The van der Waals surface area contributed by atoms with Crippen LogP contribution < -0.4 is 10.6 Å². The average Bonchev–Trinajstić information content (AvgIpc) is 2.69. The third kappa shape index (κ3) is 20.7. The Labute approximate surface area is 173 Å². The molecule has 2 amide bonds. The standard InChI is InChI=1S/C24H44N2O2/c1-3-5-7-9-11-13-15-17-19-23(27)25-21-22-26-24(28)20-18-16-14-12-10-8-6-4-2/h3-4H,1-2,5-22H2,(H,25,27)(H,26,28). The first kappa shape index (κ1) is 26.4. The van der Waals surface area contributed by atoms with E-state index in [2.05, 4.69) is 23.8 Å². The molecule has 0 aromatic heterocycles. The molecule has 0 bridgehead atoms. The second kappa shape index (κ2) is 21.7. The van der Waals surface area contributed by atoms with E-state index in [-0.39, 0.29) is 11.8 Å². The van der Waals surface area contributed by atoms with E-state index in [4.69, 9.17) is 0 Å².